The Labute approximate surface area is 165 Å². The number of rotatable bonds is 8. The van der Waals surface area contributed by atoms with Crippen LogP contribution < -0.4 is 5.32 Å². The summed E-state index contributed by atoms with van der Waals surface area (Å²) in [7, 11) is 0. The van der Waals surface area contributed by atoms with Crippen LogP contribution in [0.15, 0.2) is 42.5 Å². The Morgan fingerprint density at radius 2 is 1.89 bits per heavy atom. The predicted octanol–water partition coefficient (Wildman–Crippen LogP) is 4.63. The highest BCUT2D eigenvalue weighted by Crippen LogP contribution is 2.30. The Morgan fingerprint density at radius 3 is 2.46 bits per heavy atom. The van der Waals surface area contributed by atoms with Crippen LogP contribution in [0.5, 0.6) is 0 Å². The lowest BCUT2D eigenvalue weighted by molar-refractivity contribution is -0.384. The fraction of sp³-hybridized carbons (Fsp3) is 0.409. The molecular formula is C22H27N3O3. The van der Waals surface area contributed by atoms with Crippen molar-refractivity contribution in [1.29, 1.82) is 0 Å². The number of hydrogen-bond acceptors (Lipinski definition) is 4. The molecule has 1 N–H and O–H groups in total. The lowest BCUT2D eigenvalue weighted by Gasteiger charge is -2.22. The SMILES string of the molecule is Cc1cccc([N+](=O)[O-])c1NC(=O)CN(Cc1ccc(C(C)C)cc1)C1CC1. The summed E-state index contributed by atoms with van der Waals surface area (Å²) >= 11 is 0. The van der Waals surface area contributed by atoms with Crippen LogP contribution >= 0.6 is 0 Å². The molecule has 0 heterocycles. The number of amides is 1. The van der Waals surface area contributed by atoms with Gasteiger partial charge in [-0.25, -0.2) is 0 Å². The van der Waals surface area contributed by atoms with Crippen LogP contribution in [0.4, 0.5) is 11.4 Å². The monoisotopic (exact) mass is 381 g/mol. The van der Waals surface area contributed by atoms with Gasteiger partial charge >= 0.3 is 0 Å². The van der Waals surface area contributed by atoms with Crippen molar-refractivity contribution in [2.24, 2.45) is 0 Å². The van der Waals surface area contributed by atoms with Crippen LogP contribution in [-0.2, 0) is 11.3 Å². The molecule has 148 valence electrons. The van der Waals surface area contributed by atoms with Gasteiger partial charge in [-0.2, -0.15) is 0 Å². The standard InChI is InChI=1S/C22H27N3O3/c1-15(2)18-9-7-17(8-10-18)13-24(19-11-12-19)14-21(26)23-22-16(3)5-4-6-20(22)25(27)28/h4-10,15,19H,11-14H2,1-3H3,(H,23,26). The first-order valence-electron chi connectivity index (χ1n) is 9.72. The molecule has 1 aliphatic rings. The summed E-state index contributed by atoms with van der Waals surface area (Å²) in [5.74, 6) is 0.271. The van der Waals surface area contributed by atoms with Crippen molar-refractivity contribution < 1.29 is 9.72 Å². The summed E-state index contributed by atoms with van der Waals surface area (Å²) in [6.45, 7) is 7.02. The molecule has 0 aromatic heterocycles. The molecule has 2 aromatic rings. The Bertz CT molecular complexity index is 858. The van der Waals surface area contributed by atoms with Crippen molar-refractivity contribution in [3.63, 3.8) is 0 Å². The third kappa shape index (κ3) is 4.95. The van der Waals surface area contributed by atoms with Crippen LogP contribution in [0.25, 0.3) is 0 Å². The molecule has 1 amide bonds. The van der Waals surface area contributed by atoms with Gasteiger partial charge < -0.3 is 5.32 Å². The summed E-state index contributed by atoms with van der Waals surface area (Å²) in [4.78, 5) is 25.6. The molecule has 1 fully saturated rings. The maximum Gasteiger partial charge on any atom is 0.293 e. The number of aryl methyl sites for hydroxylation is 1. The van der Waals surface area contributed by atoms with Gasteiger partial charge in [0, 0.05) is 18.7 Å². The van der Waals surface area contributed by atoms with E-state index in [1.807, 2.05) is 0 Å². The van der Waals surface area contributed by atoms with Gasteiger partial charge in [0.1, 0.15) is 5.69 Å². The van der Waals surface area contributed by atoms with Crippen LogP contribution in [0.1, 0.15) is 49.3 Å². The van der Waals surface area contributed by atoms with E-state index in [-0.39, 0.29) is 23.8 Å². The topological polar surface area (TPSA) is 75.5 Å². The molecule has 28 heavy (non-hydrogen) atoms. The van der Waals surface area contributed by atoms with Crippen molar-refractivity contribution in [3.05, 3.63) is 69.3 Å². The smallest absolute Gasteiger partial charge is 0.293 e. The number of benzene rings is 2. The van der Waals surface area contributed by atoms with Gasteiger partial charge in [0.25, 0.3) is 5.69 Å². The first-order chi connectivity index (χ1) is 13.3. The third-order valence-electron chi connectivity index (χ3n) is 5.15. The van der Waals surface area contributed by atoms with Gasteiger partial charge in [-0.1, -0.05) is 50.2 Å². The van der Waals surface area contributed by atoms with E-state index in [2.05, 4.69) is 48.3 Å². The number of nitrogens with zero attached hydrogens (tertiary/aromatic N) is 2. The maximum atomic E-state index is 12.6. The molecule has 0 radical (unpaired) electrons. The molecule has 0 bridgehead atoms. The molecule has 6 heteroatoms. The molecule has 1 saturated carbocycles. The zero-order valence-electron chi connectivity index (χ0n) is 16.6. The minimum absolute atomic E-state index is 0.0735. The lowest BCUT2D eigenvalue weighted by atomic mass is 10.0. The van der Waals surface area contributed by atoms with Crippen LogP contribution in [-0.4, -0.2) is 28.3 Å². The maximum absolute atomic E-state index is 12.6. The molecule has 0 atom stereocenters. The molecule has 2 aromatic carbocycles. The van der Waals surface area contributed by atoms with Crippen molar-refractivity contribution in [3.8, 4) is 0 Å². The molecule has 0 unspecified atom stereocenters. The molecule has 6 nitrogen and oxygen atoms in total. The highest BCUT2D eigenvalue weighted by Gasteiger charge is 2.30. The second-order valence-corrected chi connectivity index (χ2v) is 7.81. The quantitative estimate of drug-likeness (QED) is 0.534. The van der Waals surface area contributed by atoms with Crippen molar-refractivity contribution >= 4 is 17.3 Å². The first kappa shape index (κ1) is 20.0. The highest BCUT2D eigenvalue weighted by molar-refractivity contribution is 5.95. The minimum Gasteiger partial charge on any atom is -0.319 e. The van der Waals surface area contributed by atoms with Crippen molar-refractivity contribution in [2.75, 3.05) is 11.9 Å². The van der Waals surface area contributed by atoms with Gasteiger partial charge in [0.15, 0.2) is 0 Å². The second kappa shape index (κ2) is 8.52. The van der Waals surface area contributed by atoms with E-state index < -0.39 is 4.92 Å². The second-order valence-electron chi connectivity index (χ2n) is 7.81. The van der Waals surface area contributed by atoms with E-state index in [1.54, 1.807) is 19.1 Å². The first-order valence-corrected chi connectivity index (χ1v) is 9.72. The summed E-state index contributed by atoms with van der Waals surface area (Å²) in [5.41, 5.74) is 3.37. The fourth-order valence-electron chi connectivity index (χ4n) is 3.33. The van der Waals surface area contributed by atoms with Gasteiger partial charge in [-0.15, -0.1) is 0 Å². The fourth-order valence-corrected chi connectivity index (χ4v) is 3.33. The van der Waals surface area contributed by atoms with Crippen molar-refractivity contribution in [2.45, 2.75) is 52.1 Å². The molecule has 0 saturated heterocycles. The van der Waals surface area contributed by atoms with Crippen LogP contribution in [0.3, 0.4) is 0 Å². The van der Waals surface area contributed by atoms with Gasteiger partial charge in [-0.3, -0.25) is 19.8 Å². The lowest BCUT2D eigenvalue weighted by Crippen LogP contribution is -2.34. The summed E-state index contributed by atoms with van der Waals surface area (Å²) in [6.07, 6.45) is 2.17. The Kier molecular flexibility index (Phi) is 6.09. The van der Waals surface area contributed by atoms with E-state index in [0.29, 0.717) is 24.1 Å². The zero-order valence-corrected chi connectivity index (χ0v) is 16.6. The van der Waals surface area contributed by atoms with E-state index in [1.165, 1.54) is 17.2 Å². The number of hydrogen-bond donors (Lipinski definition) is 1. The number of carbonyl (C=O) groups excluding carboxylic acids is 1. The normalized spacial score (nSPS) is 13.8. The van der Waals surface area contributed by atoms with E-state index >= 15 is 0 Å². The van der Waals surface area contributed by atoms with Crippen LogP contribution in [0.2, 0.25) is 0 Å². The zero-order chi connectivity index (χ0) is 20.3. The minimum atomic E-state index is -0.461. The van der Waals surface area contributed by atoms with E-state index in [0.717, 1.165) is 12.8 Å². The Hall–Kier alpha value is -2.73. The molecular weight excluding hydrogens is 354 g/mol. The van der Waals surface area contributed by atoms with Gasteiger partial charge in [0.2, 0.25) is 5.91 Å². The number of para-hydroxylation sites is 1. The van der Waals surface area contributed by atoms with Gasteiger partial charge in [0.05, 0.1) is 11.5 Å². The van der Waals surface area contributed by atoms with Crippen LogP contribution in [0, 0.1) is 17.0 Å². The van der Waals surface area contributed by atoms with Gasteiger partial charge in [-0.05, 0) is 42.4 Å². The average molecular weight is 381 g/mol. The molecule has 1 aliphatic carbocycles. The summed E-state index contributed by atoms with van der Waals surface area (Å²) in [5, 5.41) is 14.0. The Morgan fingerprint density at radius 1 is 1.21 bits per heavy atom. The molecule has 0 aliphatic heterocycles. The third-order valence-corrected chi connectivity index (χ3v) is 5.15. The van der Waals surface area contributed by atoms with Crippen molar-refractivity contribution in [1.82, 2.24) is 4.90 Å². The predicted molar refractivity (Wildman–Crippen MR) is 110 cm³/mol. The Balaban J connectivity index is 1.68. The number of nitro benzene ring substituents is 1. The molecule has 3 rings (SSSR count). The number of nitrogens with one attached hydrogen (secondary N) is 1. The summed E-state index contributed by atoms with van der Waals surface area (Å²) < 4.78 is 0. The largest absolute Gasteiger partial charge is 0.319 e. The average Bonchev–Trinajstić information content (AvgIpc) is 3.48. The number of carbonyl (C=O) groups is 1. The van der Waals surface area contributed by atoms with E-state index in [4.69, 9.17) is 0 Å². The highest BCUT2D eigenvalue weighted by atomic mass is 16.6. The number of anilines is 1. The number of nitro groups is 1. The van der Waals surface area contributed by atoms with E-state index in [9.17, 15) is 14.9 Å². The summed E-state index contributed by atoms with van der Waals surface area (Å²) in [6, 6.07) is 13.7. The molecule has 0 spiro atoms.